The molecule has 5 nitrogen and oxygen atoms in total. The maximum absolute atomic E-state index is 11.6. The van der Waals surface area contributed by atoms with E-state index in [1.54, 1.807) is 0 Å². The number of nitrogens with two attached hydrogens (primary N) is 1. The van der Waals surface area contributed by atoms with Crippen LogP contribution in [0, 0.1) is 5.92 Å². The van der Waals surface area contributed by atoms with Crippen molar-refractivity contribution in [2.24, 2.45) is 11.7 Å². The van der Waals surface area contributed by atoms with Gasteiger partial charge in [-0.25, -0.2) is 8.42 Å². The molecule has 6 heteroatoms. The fraction of sp³-hybridized carbons (Fsp3) is 1.00. The van der Waals surface area contributed by atoms with Crippen LogP contribution in [0.2, 0.25) is 0 Å². The first-order chi connectivity index (χ1) is 8.47. The summed E-state index contributed by atoms with van der Waals surface area (Å²) in [5.74, 6) is 0.270. The van der Waals surface area contributed by atoms with Crippen molar-refractivity contribution in [2.75, 3.05) is 19.5 Å². The molecule has 0 aromatic heterocycles. The SMILES string of the molecule is CS(=O)(=O)C1CCCC(C(N)CC2OCCO2)C1. The quantitative estimate of drug-likeness (QED) is 0.817. The predicted octanol–water partition coefficient (Wildman–Crippen LogP) is 0.680. The lowest BCUT2D eigenvalue weighted by atomic mass is 9.82. The van der Waals surface area contributed by atoms with Gasteiger partial charge in [0.1, 0.15) is 9.84 Å². The molecule has 2 aliphatic rings. The highest BCUT2D eigenvalue weighted by Gasteiger charge is 2.33. The van der Waals surface area contributed by atoms with E-state index in [1.165, 1.54) is 6.26 Å². The summed E-state index contributed by atoms with van der Waals surface area (Å²) in [6.07, 6.45) is 5.22. The maximum Gasteiger partial charge on any atom is 0.159 e. The van der Waals surface area contributed by atoms with Crippen molar-refractivity contribution in [2.45, 2.75) is 49.7 Å². The second-order valence-electron chi connectivity index (χ2n) is 5.45. The zero-order valence-electron chi connectivity index (χ0n) is 10.9. The molecular weight excluding hydrogens is 254 g/mol. The van der Waals surface area contributed by atoms with E-state index in [2.05, 4.69) is 0 Å². The van der Waals surface area contributed by atoms with Gasteiger partial charge in [0, 0.05) is 18.7 Å². The summed E-state index contributed by atoms with van der Waals surface area (Å²) >= 11 is 0. The van der Waals surface area contributed by atoms with Crippen LogP contribution in [0.4, 0.5) is 0 Å². The summed E-state index contributed by atoms with van der Waals surface area (Å²) < 4.78 is 34.0. The third kappa shape index (κ3) is 3.66. The van der Waals surface area contributed by atoms with Crippen molar-refractivity contribution in [1.82, 2.24) is 0 Å². The minimum Gasteiger partial charge on any atom is -0.350 e. The molecule has 1 saturated heterocycles. The first-order valence-corrected chi connectivity index (χ1v) is 8.60. The molecule has 3 atom stereocenters. The standard InChI is InChI=1S/C12H23NO4S/c1-18(14,15)10-4-2-3-9(7-10)11(13)8-12-16-5-6-17-12/h9-12H,2-8,13H2,1H3. The summed E-state index contributed by atoms with van der Waals surface area (Å²) in [4.78, 5) is 0. The summed E-state index contributed by atoms with van der Waals surface area (Å²) in [5.41, 5.74) is 6.18. The van der Waals surface area contributed by atoms with Gasteiger partial charge in [0.25, 0.3) is 0 Å². The Morgan fingerprint density at radius 1 is 1.28 bits per heavy atom. The molecule has 3 unspecified atom stereocenters. The Labute approximate surface area is 109 Å². The molecule has 0 bridgehead atoms. The van der Waals surface area contributed by atoms with E-state index < -0.39 is 9.84 Å². The molecule has 106 valence electrons. The lowest BCUT2D eigenvalue weighted by Crippen LogP contribution is -2.39. The van der Waals surface area contributed by atoms with Gasteiger partial charge in [0.15, 0.2) is 6.29 Å². The lowest BCUT2D eigenvalue weighted by molar-refractivity contribution is -0.0546. The second kappa shape index (κ2) is 5.86. The molecule has 2 N–H and O–H groups in total. The van der Waals surface area contributed by atoms with Crippen LogP contribution in [0.1, 0.15) is 32.1 Å². The molecule has 1 saturated carbocycles. The molecule has 0 spiro atoms. The van der Waals surface area contributed by atoms with Gasteiger partial charge in [-0.3, -0.25) is 0 Å². The second-order valence-corrected chi connectivity index (χ2v) is 7.77. The van der Waals surface area contributed by atoms with Gasteiger partial charge in [-0.1, -0.05) is 6.42 Å². The molecule has 1 aliphatic heterocycles. The first-order valence-electron chi connectivity index (χ1n) is 6.64. The zero-order valence-corrected chi connectivity index (χ0v) is 11.7. The van der Waals surface area contributed by atoms with Crippen molar-refractivity contribution in [3.63, 3.8) is 0 Å². The van der Waals surface area contributed by atoms with Gasteiger partial charge in [0.2, 0.25) is 0 Å². The molecular formula is C12H23NO4S. The Balaban J connectivity index is 1.87. The molecule has 0 radical (unpaired) electrons. The molecule has 2 rings (SSSR count). The summed E-state index contributed by atoms with van der Waals surface area (Å²) in [5, 5.41) is -0.215. The van der Waals surface area contributed by atoms with E-state index in [1.807, 2.05) is 0 Å². The molecule has 0 aromatic rings. The molecule has 1 heterocycles. The Hall–Kier alpha value is -0.170. The third-order valence-electron chi connectivity index (χ3n) is 4.03. The Bertz CT molecular complexity index is 364. The molecule has 1 aliphatic carbocycles. The van der Waals surface area contributed by atoms with Crippen LogP contribution in [0.15, 0.2) is 0 Å². The van der Waals surface area contributed by atoms with Gasteiger partial charge < -0.3 is 15.2 Å². The highest BCUT2D eigenvalue weighted by atomic mass is 32.2. The number of rotatable bonds is 4. The number of sulfone groups is 1. The highest BCUT2D eigenvalue weighted by molar-refractivity contribution is 7.91. The van der Waals surface area contributed by atoms with Crippen molar-refractivity contribution < 1.29 is 17.9 Å². The minimum atomic E-state index is -2.94. The van der Waals surface area contributed by atoms with Crippen molar-refractivity contribution >= 4 is 9.84 Å². The molecule has 2 fully saturated rings. The molecule has 18 heavy (non-hydrogen) atoms. The minimum absolute atomic E-state index is 0.0300. The number of ether oxygens (including phenoxy) is 2. The topological polar surface area (TPSA) is 78.6 Å². The summed E-state index contributed by atoms with van der Waals surface area (Å²) in [6.45, 7) is 1.27. The zero-order chi connectivity index (χ0) is 13.2. The van der Waals surface area contributed by atoms with Gasteiger partial charge >= 0.3 is 0 Å². The van der Waals surface area contributed by atoms with E-state index in [4.69, 9.17) is 15.2 Å². The average molecular weight is 277 g/mol. The molecule has 0 amide bonds. The van der Waals surface area contributed by atoms with Gasteiger partial charge in [-0.05, 0) is 25.2 Å². The smallest absolute Gasteiger partial charge is 0.159 e. The van der Waals surface area contributed by atoms with E-state index in [0.29, 0.717) is 26.1 Å². The monoisotopic (exact) mass is 277 g/mol. The number of hydrogen-bond acceptors (Lipinski definition) is 5. The van der Waals surface area contributed by atoms with E-state index in [0.717, 1.165) is 19.3 Å². The lowest BCUT2D eigenvalue weighted by Gasteiger charge is -2.32. The van der Waals surface area contributed by atoms with E-state index in [-0.39, 0.29) is 23.5 Å². The normalized spacial score (nSPS) is 32.6. The summed E-state index contributed by atoms with van der Waals surface area (Å²) in [6, 6.07) is -0.0300. The van der Waals surface area contributed by atoms with Crippen LogP contribution >= 0.6 is 0 Å². The third-order valence-corrected chi connectivity index (χ3v) is 5.67. The van der Waals surface area contributed by atoms with Crippen LogP contribution in [0.5, 0.6) is 0 Å². The van der Waals surface area contributed by atoms with Crippen LogP contribution < -0.4 is 5.73 Å². The average Bonchev–Trinajstić information content (AvgIpc) is 2.81. The van der Waals surface area contributed by atoms with E-state index >= 15 is 0 Å². The van der Waals surface area contributed by atoms with E-state index in [9.17, 15) is 8.42 Å². The first kappa shape index (κ1) is 14.2. The van der Waals surface area contributed by atoms with Crippen LogP contribution in [-0.4, -0.2) is 45.5 Å². The number of hydrogen-bond donors (Lipinski definition) is 1. The Kier molecular flexibility index (Phi) is 4.64. The van der Waals surface area contributed by atoms with Crippen LogP contribution in [-0.2, 0) is 19.3 Å². The fourth-order valence-electron chi connectivity index (χ4n) is 2.92. The largest absolute Gasteiger partial charge is 0.350 e. The summed E-state index contributed by atoms with van der Waals surface area (Å²) in [7, 11) is -2.94. The van der Waals surface area contributed by atoms with Crippen molar-refractivity contribution in [1.29, 1.82) is 0 Å². The molecule has 0 aromatic carbocycles. The fourth-order valence-corrected chi connectivity index (χ4v) is 4.11. The van der Waals surface area contributed by atoms with Gasteiger partial charge in [-0.15, -0.1) is 0 Å². The highest BCUT2D eigenvalue weighted by Crippen LogP contribution is 2.31. The maximum atomic E-state index is 11.6. The Morgan fingerprint density at radius 3 is 2.56 bits per heavy atom. The van der Waals surface area contributed by atoms with Crippen LogP contribution in [0.25, 0.3) is 0 Å². The van der Waals surface area contributed by atoms with Gasteiger partial charge in [-0.2, -0.15) is 0 Å². The Morgan fingerprint density at radius 2 is 1.94 bits per heavy atom. The van der Waals surface area contributed by atoms with Crippen LogP contribution in [0.3, 0.4) is 0 Å². The predicted molar refractivity (Wildman–Crippen MR) is 68.9 cm³/mol. The van der Waals surface area contributed by atoms with Gasteiger partial charge in [0.05, 0.1) is 18.5 Å². The van der Waals surface area contributed by atoms with Crippen molar-refractivity contribution in [3.8, 4) is 0 Å². The van der Waals surface area contributed by atoms with Crippen molar-refractivity contribution in [3.05, 3.63) is 0 Å².